The van der Waals surface area contributed by atoms with E-state index in [0.717, 1.165) is 38.5 Å². The molecule has 0 fully saturated rings. The Morgan fingerprint density at radius 1 is 1.00 bits per heavy atom. The van der Waals surface area contributed by atoms with Gasteiger partial charge in [0.05, 0.1) is 5.75 Å². The Bertz CT molecular complexity index is 1400. The molecule has 0 radical (unpaired) electrons. The first kappa shape index (κ1) is 22.0. The number of amides is 1. The van der Waals surface area contributed by atoms with E-state index in [1.807, 2.05) is 78.2 Å². The normalized spacial score (nSPS) is 10.9. The second kappa shape index (κ2) is 9.98. The lowest BCUT2D eigenvalue weighted by molar-refractivity contribution is 0.102. The van der Waals surface area contributed by atoms with Crippen molar-refractivity contribution in [1.29, 1.82) is 0 Å². The van der Waals surface area contributed by atoms with E-state index in [4.69, 9.17) is 0 Å². The Morgan fingerprint density at radius 3 is 2.53 bits per heavy atom. The first-order valence-electron chi connectivity index (χ1n) is 10.5. The molecule has 1 amide bonds. The second-order valence-electron chi connectivity index (χ2n) is 7.45. The van der Waals surface area contributed by atoms with Crippen LogP contribution in [0.5, 0.6) is 0 Å². The van der Waals surface area contributed by atoms with E-state index in [0.29, 0.717) is 11.4 Å². The molecule has 2 aromatic carbocycles. The molecule has 0 atom stereocenters. The maximum Gasteiger partial charge on any atom is 0.275 e. The number of hydrogen-bond acceptors (Lipinski definition) is 7. The van der Waals surface area contributed by atoms with E-state index in [1.54, 1.807) is 17.8 Å². The third kappa shape index (κ3) is 4.90. The topological polar surface area (TPSA) is 85.6 Å². The van der Waals surface area contributed by atoms with Gasteiger partial charge in [-0.05, 0) is 43.3 Å². The fraction of sp³-hybridized carbons (Fsp3) is 0.0800. The highest BCUT2D eigenvalue weighted by Crippen LogP contribution is 2.30. The molecule has 0 bridgehead atoms. The molecule has 0 aliphatic heterocycles. The lowest BCUT2D eigenvalue weighted by atomic mass is 10.2. The monoisotopic (exact) mass is 484 g/mol. The zero-order valence-electron chi connectivity index (χ0n) is 18.3. The highest BCUT2D eigenvalue weighted by Gasteiger charge is 2.17. The van der Waals surface area contributed by atoms with Gasteiger partial charge in [0.1, 0.15) is 10.7 Å². The average Bonchev–Trinajstić information content (AvgIpc) is 3.53. The van der Waals surface area contributed by atoms with Crippen molar-refractivity contribution >= 4 is 34.7 Å². The van der Waals surface area contributed by atoms with E-state index >= 15 is 0 Å². The van der Waals surface area contributed by atoms with E-state index in [-0.39, 0.29) is 5.91 Å². The van der Waals surface area contributed by atoms with Crippen LogP contribution in [-0.4, -0.2) is 30.6 Å². The van der Waals surface area contributed by atoms with Gasteiger partial charge in [-0.2, -0.15) is 0 Å². The predicted octanol–water partition coefficient (Wildman–Crippen LogP) is 5.64. The van der Waals surface area contributed by atoms with E-state index in [9.17, 15) is 4.79 Å². The number of thioether (sulfide) groups is 1. The van der Waals surface area contributed by atoms with Crippen molar-refractivity contribution in [2.75, 3.05) is 5.32 Å². The van der Waals surface area contributed by atoms with E-state index < -0.39 is 0 Å². The van der Waals surface area contributed by atoms with Crippen molar-refractivity contribution in [3.63, 3.8) is 0 Å². The summed E-state index contributed by atoms with van der Waals surface area (Å²) < 4.78 is 2.03. The number of carbonyl (C=O) groups excluding carboxylic acids is 1. The van der Waals surface area contributed by atoms with Crippen LogP contribution in [0.2, 0.25) is 0 Å². The van der Waals surface area contributed by atoms with E-state index in [2.05, 4.69) is 25.5 Å². The number of anilines is 1. The Morgan fingerprint density at radius 2 is 1.76 bits per heavy atom. The summed E-state index contributed by atoms with van der Waals surface area (Å²) in [5.41, 5.74) is 4.20. The van der Waals surface area contributed by atoms with Crippen LogP contribution in [0.1, 0.15) is 21.1 Å². The summed E-state index contributed by atoms with van der Waals surface area (Å²) in [6.45, 7) is 2.01. The zero-order chi connectivity index (χ0) is 23.3. The summed E-state index contributed by atoms with van der Waals surface area (Å²) >= 11 is 2.99. The van der Waals surface area contributed by atoms with Crippen LogP contribution in [0.15, 0.2) is 89.7 Å². The average molecular weight is 485 g/mol. The summed E-state index contributed by atoms with van der Waals surface area (Å²) in [4.78, 5) is 21.2. The number of rotatable bonds is 7. The molecule has 9 heteroatoms. The summed E-state index contributed by atoms with van der Waals surface area (Å²) in [7, 11) is 0. The van der Waals surface area contributed by atoms with Crippen molar-refractivity contribution in [1.82, 2.24) is 24.7 Å². The van der Waals surface area contributed by atoms with E-state index in [1.165, 1.54) is 23.1 Å². The van der Waals surface area contributed by atoms with Gasteiger partial charge in [0.25, 0.3) is 5.91 Å². The van der Waals surface area contributed by atoms with Gasteiger partial charge in [0.15, 0.2) is 11.0 Å². The van der Waals surface area contributed by atoms with Crippen LogP contribution < -0.4 is 5.32 Å². The molecular weight excluding hydrogens is 464 g/mol. The van der Waals surface area contributed by atoms with Crippen LogP contribution >= 0.6 is 23.1 Å². The van der Waals surface area contributed by atoms with Crippen molar-refractivity contribution < 1.29 is 4.79 Å². The molecule has 5 rings (SSSR count). The van der Waals surface area contributed by atoms with Gasteiger partial charge in [-0.1, -0.05) is 47.7 Å². The quantitative estimate of drug-likeness (QED) is 0.301. The molecule has 0 spiro atoms. The molecule has 0 aliphatic rings. The van der Waals surface area contributed by atoms with Crippen molar-refractivity contribution in [2.45, 2.75) is 17.8 Å². The molecule has 0 aliphatic carbocycles. The molecule has 5 aromatic rings. The minimum Gasteiger partial charge on any atom is -0.321 e. The third-order valence-electron chi connectivity index (χ3n) is 5.00. The molecule has 0 unspecified atom stereocenters. The number of nitrogens with one attached hydrogen (secondary N) is 1. The predicted molar refractivity (Wildman–Crippen MR) is 135 cm³/mol. The number of carbonyl (C=O) groups is 1. The number of aryl methyl sites for hydroxylation is 1. The summed E-state index contributed by atoms with van der Waals surface area (Å²) in [6.07, 6.45) is 3.48. The Kier molecular flexibility index (Phi) is 6.46. The maximum atomic E-state index is 12.6. The van der Waals surface area contributed by atoms with Gasteiger partial charge in [-0.3, -0.25) is 14.3 Å². The highest BCUT2D eigenvalue weighted by molar-refractivity contribution is 7.98. The number of hydrogen-bond donors (Lipinski definition) is 1. The van der Waals surface area contributed by atoms with Gasteiger partial charge in [0.2, 0.25) is 0 Å². The maximum absolute atomic E-state index is 12.6. The fourth-order valence-electron chi connectivity index (χ4n) is 3.30. The van der Waals surface area contributed by atoms with Gasteiger partial charge in [0, 0.05) is 34.7 Å². The van der Waals surface area contributed by atoms with Crippen LogP contribution in [0.25, 0.3) is 17.1 Å². The molecule has 0 saturated heterocycles. The van der Waals surface area contributed by atoms with Gasteiger partial charge in [-0.15, -0.1) is 21.5 Å². The van der Waals surface area contributed by atoms with Crippen LogP contribution in [0, 0.1) is 6.92 Å². The number of para-hydroxylation sites is 1. The Labute approximate surface area is 204 Å². The molecule has 3 aromatic heterocycles. The summed E-state index contributed by atoms with van der Waals surface area (Å²) in [5, 5.41) is 15.1. The fourth-order valence-corrected chi connectivity index (χ4v) is 5.05. The number of benzene rings is 2. The first-order chi connectivity index (χ1) is 16.7. The lowest BCUT2D eigenvalue weighted by Crippen LogP contribution is -2.12. The molecule has 168 valence electrons. The van der Waals surface area contributed by atoms with Crippen LogP contribution in [0.4, 0.5) is 5.69 Å². The molecule has 1 N–H and O–H groups in total. The molecular formula is C25H20N6OS2. The molecule has 7 nitrogen and oxygen atoms in total. The van der Waals surface area contributed by atoms with Gasteiger partial charge in [-0.25, -0.2) is 4.98 Å². The van der Waals surface area contributed by atoms with Gasteiger partial charge >= 0.3 is 0 Å². The summed E-state index contributed by atoms with van der Waals surface area (Å²) in [6, 6.07) is 21.5. The summed E-state index contributed by atoms with van der Waals surface area (Å²) in [5.74, 6) is 1.10. The second-order valence-corrected chi connectivity index (χ2v) is 9.33. The van der Waals surface area contributed by atoms with Crippen molar-refractivity contribution in [3.8, 4) is 17.1 Å². The smallest absolute Gasteiger partial charge is 0.275 e. The van der Waals surface area contributed by atoms with Crippen molar-refractivity contribution in [2.24, 2.45) is 0 Å². The SMILES string of the molecule is Cc1ccc(NC(=O)c2csc(CSc3nnc(-c4ccncc4)n3-c3ccccc3)n2)cc1. The van der Waals surface area contributed by atoms with Crippen molar-refractivity contribution in [3.05, 3.63) is 101 Å². The lowest BCUT2D eigenvalue weighted by Gasteiger charge is -2.09. The molecule has 3 heterocycles. The molecule has 0 saturated carbocycles. The third-order valence-corrected chi connectivity index (χ3v) is 6.98. The minimum atomic E-state index is -0.219. The first-order valence-corrected chi connectivity index (χ1v) is 12.4. The van der Waals surface area contributed by atoms with Crippen LogP contribution in [0.3, 0.4) is 0 Å². The number of pyridine rings is 1. The number of aromatic nitrogens is 5. The minimum absolute atomic E-state index is 0.219. The van der Waals surface area contributed by atoms with Gasteiger partial charge < -0.3 is 5.32 Å². The van der Waals surface area contributed by atoms with Crippen LogP contribution in [-0.2, 0) is 5.75 Å². The molecule has 34 heavy (non-hydrogen) atoms. The Balaban J connectivity index is 1.34. The zero-order valence-corrected chi connectivity index (χ0v) is 19.9. The Hall–Kier alpha value is -3.82. The number of nitrogens with zero attached hydrogens (tertiary/aromatic N) is 5. The number of thiazole rings is 1. The standard InChI is InChI=1S/C25H20N6OS2/c1-17-7-9-19(10-8-17)27-24(32)21-15-33-22(28-21)16-34-25-30-29-23(18-11-13-26-14-12-18)31(25)20-5-3-2-4-6-20/h2-15H,16H2,1H3,(H,27,32). The largest absolute Gasteiger partial charge is 0.321 e. The highest BCUT2D eigenvalue weighted by atomic mass is 32.2.